The first-order valence-electron chi connectivity index (χ1n) is 10.2. The molecule has 156 valence electrons. The fourth-order valence-electron chi connectivity index (χ4n) is 3.75. The van der Waals surface area contributed by atoms with Crippen molar-refractivity contribution in [3.63, 3.8) is 0 Å². The minimum atomic E-state index is -0.472. The molecule has 0 saturated carbocycles. The van der Waals surface area contributed by atoms with E-state index in [9.17, 15) is 4.79 Å². The number of carbonyl (C=O) groups is 1. The number of carbonyl (C=O) groups excluding carboxylic acids is 1. The summed E-state index contributed by atoms with van der Waals surface area (Å²) in [6.07, 6.45) is 2.93. The van der Waals surface area contributed by atoms with Gasteiger partial charge in [0, 0.05) is 51.3 Å². The van der Waals surface area contributed by atoms with Gasteiger partial charge in [-0.3, -0.25) is 4.99 Å². The predicted molar refractivity (Wildman–Crippen MR) is 108 cm³/mol. The molecule has 1 atom stereocenters. The molecule has 1 amide bonds. The molecule has 1 N–H and O–H groups in total. The third-order valence-corrected chi connectivity index (χ3v) is 5.24. The van der Waals surface area contributed by atoms with Crippen LogP contribution in [-0.4, -0.2) is 79.9 Å². The number of hydrogen-bond acceptors (Lipinski definition) is 4. The maximum Gasteiger partial charge on any atom is 0.410 e. The fraction of sp³-hybridized carbons (Fsp3) is 0.900. The summed E-state index contributed by atoms with van der Waals surface area (Å²) < 4.78 is 11.1. The predicted octanol–water partition coefficient (Wildman–Crippen LogP) is 2.71. The van der Waals surface area contributed by atoms with Gasteiger partial charge >= 0.3 is 6.09 Å². The minimum absolute atomic E-state index is 0.111. The van der Waals surface area contributed by atoms with E-state index in [1.165, 1.54) is 6.42 Å². The van der Waals surface area contributed by atoms with E-state index in [0.29, 0.717) is 12.0 Å². The minimum Gasteiger partial charge on any atom is -0.444 e. The zero-order chi connectivity index (χ0) is 20.1. The Labute approximate surface area is 164 Å². The van der Waals surface area contributed by atoms with Crippen molar-refractivity contribution < 1.29 is 14.3 Å². The van der Waals surface area contributed by atoms with E-state index >= 15 is 0 Å². The molecule has 0 bridgehead atoms. The Bertz CT molecular complexity index is 522. The van der Waals surface area contributed by atoms with Gasteiger partial charge in [0.2, 0.25) is 0 Å². The topological polar surface area (TPSA) is 66.4 Å². The summed E-state index contributed by atoms with van der Waals surface area (Å²) >= 11 is 0. The Morgan fingerprint density at radius 2 is 2.11 bits per heavy atom. The van der Waals surface area contributed by atoms with Crippen molar-refractivity contribution in [3.05, 3.63) is 0 Å². The lowest BCUT2D eigenvalue weighted by Crippen LogP contribution is -2.44. The molecule has 2 aliphatic heterocycles. The number of ether oxygens (including phenoxy) is 2. The average Bonchev–Trinajstić information content (AvgIpc) is 3.19. The number of nitrogens with zero attached hydrogens (tertiary/aromatic N) is 3. The van der Waals surface area contributed by atoms with Gasteiger partial charge in [-0.05, 0) is 53.9 Å². The summed E-state index contributed by atoms with van der Waals surface area (Å²) in [6.45, 7) is 15.0. The Hall–Kier alpha value is -1.50. The summed E-state index contributed by atoms with van der Waals surface area (Å²) in [6, 6.07) is 0.111. The molecule has 2 aliphatic rings. The zero-order valence-electron chi connectivity index (χ0n) is 18.0. The summed E-state index contributed by atoms with van der Waals surface area (Å²) in [7, 11) is 1.83. The quantitative estimate of drug-likeness (QED) is 0.450. The van der Waals surface area contributed by atoms with Crippen molar-refractivity contribution in [2.75, 3.05) is 46.4 Å². The summed E-state index contributed by atoms with van der Waals surface area (Å²) in [4.78, 5) is 20.9. The van der Waals surface area contributed by atoms with Gasteiger partial charge in [0.05, 0.1) is 6.61 Å². The Morgan fingerprint density at radius 1 is 1.37 bits per heavy atom. The van der Waals surface area contributed by atoms with Gasteiger partial charge in [0.25, 0.3) is 0 Å². The van der Waals surface area contributed by atoms with Crippen LogP contribution in [0.15, 0.2) is 4.99 Å². The van der Waals surface area contributed by atoms with Crippen molar-refractivity contribution in [2.45, 2.75) is 65.5 Å². The van der Waals surface area contributed by atoms with Gasteiger partial charge in [-0.2, -0.15) is 0 Å². The van der Waals surface area contributed by atoms with Crippen LogP contribution in [0.5, 0.6) is 0 Å². The van der Waals surface area contributed by atoms with Gasteiger partial charge in [-0.25, -0.2) is 4.79 Å². The number of hydrogen-bond donors (Lipinski definition) is 1. The lowest BCUT2D eigenvalue weighted by molar-refractivity contribution is 0.0190. The molecule has 7 nitrogen and oxygen atoms in total. The second-order valence-electron chi connectivity index (χ2n) is 9.07. The smallest absolute Gasteiger partial charge is 0.410 e. The molecule has 2 saturated heterocycles. The zero-order valence-corrected chi connectivity index (χ0v) is 18.0. The standard InChI is InChI=1S/C20H38N4O3/c1-16(2)24(18(25)27-19(3,4)5)11-7-10-22-17(21-6)23-12-8-20(14-23)9-13-26-15-20/h16H,7-15H2,1-6H3,(H,21,22). The van der Waals surface area contributed by atoms with E-state index in [-0.39, 0.29) is 12.1 Å². The molecule has 2 heterocycles. The maximum absolute atomic E-state index is 12.4. The van der Waals surface area contributed by atoms with E-state index in [1.54, 1.807) is 4.90 Å². The van der Waals surface area contributed by atoms with Crippen molar-refractivity contribution in [2.24, 2.45) is 10.4 Å². The van der Waals surface area contributed by atoms with Crippen molar-refractivity contribution >= 4 is 12.1 Å². The van der Waals surface area contributed by atoms with Crippen LogP contribution in [-0.2, 0) is 9.47 Å². The largest absolute Gasteiger partial charge is 0.444 e. The second-order valence-corrected chi connectivity index (χ2v) is 9.07. The number of rotatable bonds is 5. The summed E-state index contributed by atoms with van der Waals surface area (Å²) in [5.41, 5.74) is -0.150. The SMILES string of the molecule is CN=C(NCCCN(C(=O)OC(C)(C)C)C(C)C)N1CCC2(CCOC2)C1. The first-order valence-corrected chi connectivity index (χ1v) is 10.2. The highest BCUT2D eigenvalue weighted by molar-refractivity contribution is 5.80. The van der Waals surface area contributed by atoms with Crippen LogP contribution >= 0.6 is 0 Å². The maximum atomic E-state index is 12.4. The van der Waals surface area contributed by atoms with Crippen LogP contribution < -0.4 is 5.32 Å². The normalized spacial score (nSPS) is 23.4. The van der Waals surface area contributed by atoms with Gasteiger partial charge in [-0.15, -0.1) is 0 Å². The first-order chi connectivity index (χ1) is 12.7. The highest BCUT2D eigenvalue weighted by atomic mass is 16.6. The summed E-state index contributed by atoms with van der Waals surface area (Å²) in [5, 5.41) is 3.46. The van der Waals surface area contributed by atoms with Gasteiger partial charge in [-0.1, -0.05) is 0 Å². The number of guanidine groups is 1. The Kier molecular flexibility index (Phi) is 7.37. The van der Waals surface area contributed by atoms with Gasteiger partial charge in [0.1, 0.15) is 5.60 Å². The molecule has 1 spiro atoms. The highest BCUT2D eigenvalue weighted by Gasteiger charge is 2.42. The lowest BCUT2D eigenvalue weighted by Gasteiger charge is -2.30. The van der Waals surface area contributed by atoms with Crippen molar-refractivity contribution in [3.8, 4) is 0 Å². The molecule has 2 fully saturated rings. The van der Waals surface area contributed by atoms with Crippen LogP contribution in [0, 0.1) is 5.41 Å². The van der Waals surface area contributed by atoms with Crippen LogP contribution in [0.25, 0.3) is 0 Å². The molecular weight excluding hydrogens is 344 g/mol. The third-order valence-electron chi connectivity index (χ3n) is 5.24. The van der Waals surface area contributed by atoms with E-state index in [2.05, 4.69) is 15.2 Å². The number of aliphatic imine (C=N–C) groups is 1. The fourth-order valence-corrected chi connectivity index (χ4v) is 3.75. The van der Waals surface area contributed by atoms with Crippen LogP contribution in [0.1, 0.15) is 53.9 Å². The van der Waals surface area contributed by atoms with E-state index < -0.39 is 5.60 Å². The number of likely N-dealkylation sites (tertiary alicyclic amines) is 1. The molecule has 0 aromatic heterocycles. The molecule has 0 radical (unpaired) electrons. The highest BCUT2D eigenvalue weighted by Crippen LogP contribution is 2.38. The molecule has 7 heteroatoms. The molecule has 0 aromatic carbocycles. The molecule has 0 aromatic rings. The van der Waals surface area contributed by atoms with Crippen LogP contribution in [0.4, 0.5) is 4.79 Å². The molecular formula is C20H38N4O3. The number of nitrogens with one attached hydrogen (secondary N) is 1. The van der Waals surface area contributed by atoms with Crippen LogP contribution in [0.2, 0.25) is 0 Å². The van der Waals surface area contributed by atoms with Crippen LogP contribution in [0.3, 0.4) is 0 Å². The van der Waals surface area contributed by atoms with Gasteiger partial charge < -0.3 is 24.6 Å². The Morgan fingerprint density at radius 3 is 2.67 bits per heavy atom. The van der Waals surface area contributed by atoms with Crippen molar-refractivity contribution in [1.82, 2.24) is 15.1 Å². The monoisotopic (exact) mass is 382 g/mol. The molecule has 1 unspecified atom stereocenters. The first kappa shape index (κ1) is 21.8. The van der Waals surface area contributed by atoms with E-state index in [0.717, 1.165) is 51.6 Å². The lowest BCUT2D eigenvalue weighted by atomic mass is 9.87. The van der Waals surface area contributed by atoms with E-state index in [4.69, 9.17) is 9.47 Å². The average molecular weight is 383 g/mol. The van der Waals surface area contributed by atoms with E-state index in [1.807, 2.05) is 41.7 Å². The molecule has 27 heavy (non-hydrogen) atoms. The number of amides is 1. The van der Waals surface area contributed by atoms with Gasteiger partial charge in [0.15, 0.2) is 5.96 Å². The Balaban J connectivity index is 1.77. The summed E-state index contributed by atoms with van der Waals surface area (Å²) in [5.74, 6) is 0.951. The third kappa shape index (κ3) is 6.26. The molecule has 2 rings (SSSR count). The molecule has 0 aliphatic carbocycles. The van der Waals surface area contributed by atoms with Crippen molar-refractivity contribution in [1.29, 1.82) is 0 Å². The second kappa shape index (κ2) is 9.13.